The Balaban J connectivity index is 1.57. The van der Waals surface area contributed by atoms with Crippen molar-refractivity contribution in [2.75, 3.05) is 0 Å². The number of allylic oxidation sites excluding steroid dienone is 5. The van der Waals surface area contributed by atoms with Crippen molar-refractivity contribution in [2.45, 2.75) is 19.3 Å². The van der Waals surface area contributed by atoms with Crippen molar-refractivity contribution in [3.05, 3.63) is 102 Å². The van der Waals surface area contributed by atoms with Crippen LogP contribution in [0.5, 0.6) is 5.75 Å². The zero-order valence-electron chi connectivity index (χ0n) is 20.2. The Morgan fingerprint density at radius 1 is 1.11 bits per heavy atom. The van der Waals surface area contributed by atoms with Crippen molar-refractivity contribution in [1.82, 2.24) is 25.1 Å². The van der Waals surface area contributed by atoms with E-state index in [1.54, 1.807) is 24.3 Å². The molecule has 2 aromatic heterocycles. The molecule has 38 heavy (non-hydrogen) atoms. The molecule has 0 saturated carbocycles. The van der Waals surface area contributed by atoms with Crippen molar-refractivity contribution in [2.24, 2.45) is 10.2 Å². The molecule has 2 heterocycles. The fourth-order valence-corrected chi connectivity index (χ4v) is 3.92. The quantitative estimate of drug-likeness (QED) is 0.334. The molecular weight excluding hydrogens is 480 g/mol. The van der Waals surface area contributed by atoms with Crippen LogP contribution in [0.2, 0.25) is 0 Å². The highest BCUT2D eigenvalue weighted by Gasteiger charge is 2.20. The number of benzene rings is 2. The summed E-state index contributed by atoms with van der Waals surface area (Å²) in [6.07, 6.45) is 16.9. The van der Waals surface area contributed by atoms with Crippen LogP contribution in [0.3, 0.4) is 0 Å². The molecule has 0 atom stereocenters. The van der Waals surface area contributed by atoms with E-state index in [1.807, 2.05) is 48.6 Å². The number of aromatic hydroxyl groups is 1. The Labute approximate surface area is 218 Å². The lowest BCUT2D eigenvalue weighted by Gasteiger charge is -2.11. The largest absolute Gasteiger partial charge is 0.505 e. The van der Waals surface area contributed by atoms with Crippen LogP contribution in [0.1, 0.15) is 35.2 Å². The monoisotopic (exact) mass is 502 g/mol. The SMILES string of the molecule is N#Cc1cnn(-c2ncccn2)c1N=Nc1c(O)c(C(=O)NC2=C/C=C\CCC/C=C\2)cc2ccccc12. The molecule has 0 radical (unpaired) electrons. The molecule has 10 nitrogen and oxygen atoms in total. The first kappa shape index (κ1) is 24.3. The van der Waals surface area contributed by atoms with Gasteiger partial charge in [0.2, 0.25) is 0 Å². The molecule has 0 fully saturated rings. The van der Waals surface area contributed by atoms with Gasteiger partial charge in [0.05, 0.1) is 11.8 Å². The molecule has 0 spiro atoms. The van der Waals surface area contributed by atoms with E-state index in [0.29, 0.717) is 16.5 Å². The minimum Gasteiger partial charge on any atom is -0.505 e. The molecule has 5 rings (SSSR count). The number of rotatable bonds is 5. The van der Waals surface area contributed by atoms with Crippen LogP contribution in [0.15, 0.2) is 101 Å². The lowest BCUT2D eigenvalue weighted by Crippen LogP contribution is -2.22. The normalized spacial score (nSPS) is 16.6. The molecule has 0 bridgehead atoms. The molecule has 186 valence electrons. The summed E-state index contributed by atoms with van der Waals surface area (Å²) in [6.45, 7) is 0. The lowest BCUT2D eigenvalue weighted by molar-refractivity contribution is 0.0964. The van der Waals surface area contributed by atoms with Crippen LogP contribution < -0.4 is 5.32 Å². The predicted octanol–water partition coefficient (Wildman–Crippen LogP) is 5.72. The Kier molecular flexibility index (Phi) is 7.09. The maximum Gasteiger partial charge on any atom is 0.259 e. The molecule has 10 heteroatoms. The highest BCUT2D eigenvalue weighted by Crippen LogP contribution is 2.39. The van der Waals surface area contributed by atoms with E-state index in [0.717, 1.165) is 19.3 Å². The second-order valence-electron chi connectivity index (χ2n) is 8.33. The number of fused-ring (bicyclic) bond motifs is 1. The van der Waals surface area contributed by atoms with Gasteiger partial charge in [-0.05, 0) is 48.9 Å². The van der Waals surface area contributed by atoms with Gasteiger partial charge in [-0.15, -0.1) is 10.2 Å². The Morgan fingerprint density at radius 3 is 2.76 bits per heavy atom. The van der Waals surface area contributed by atoms with Crippen LogP contribution in [0.25, 0.3) is 16.7 Å². The molecule has 1 aliphatic carbocycles. The van der Waals surface area contributed by atoms with Crippen LogP contribution in [0.4, 0.5) is 11.5 Å². The highest BCUT2D eigenvalue weighted by molar-refractivity contribution is 6.07. The summed E-state index contributed by atoms with van der Waals surface area (Å²) in [5, 5.41) is 37.6. The van der Waals surface area contributed by atoms with Crippen molar-refractivity contribution in [3.8, 4) is 17.8 Å². The number of nitrogens with zero attached hydrogens (tertiary/aromatic N) is 7. The van der Waals surface area contributed by atoms with Gasteiger partial charge in [0, 0.05) is 23.5 Å². The Hall–Kier alpha value is -5.43. The number of nitriles is 1. The number of hydrogen-bond donors (Lipinski definition) is 2. The molecule has 1 aliphatic rings. The molecule has 0 aliphatic heterocycles. The molecule has 1 amide bonds. The average molecular weight is 503 g/mol. The van der Waals surface area contributed by atoms with E-state index in [1.165, 1.54) is 23.3 Å². The minimum atomic E-state index is -0.492. The van der Waals surface area contributed by atoms with E-state index in [9.17, 15) is 15.2 Å². The predicted molar refractivity (Wildman–Crippen MR) is 141 cm³/mol. The van der Waals surface area contributed by atoms with Gasteiger partial charge >= 0.3 is 0 Å². The number of carbonyl (C=O) groups excluding carboxylic acids is 1. The first-order valence-electron chi connectivity index (χ1n) is 11.9. The third-order valence-electron chi connectivity index (χ3n) is 5.80. The second-order valence-corrected chi connectivity index (χ2v) is 8.33. The third-order valence-corrected chi connectivity index (χ3v) is 5.80. The van der Waals surface area contributed by atoms with E-state index < -0.39 is 5.91 Å². The van der Waals surface area contributed by atoms with Crippen LogP contribution >= 0.6 is 0 Å². The van der Waals surface area contributed by atoms with Gasteiger partial charge in [0.15, 0.2) is 11.6 Å². The van der Waals surface area contributed by atoms with Crippen LogP contribution in [0, 0.1) is 11.3 Å². The fourth-order valence-electron chi connectivity index (χ4n) is 3.92. The standard InChI is InChI=1S/C28H22N8O2/c29-17-20-18-32-36(28-30-14-9-15-31-28)26(20)35-34-24-22-13-8-7-10-19(22)16-23(25(24)37)27(38)33-21-11-5-3-1-2-4-6-12-21/h3,5-16,18,37H,1-2,4H2,(H,33,38)/b5-3-,12-6-,21-11+,35-34?. The summed E-state index contributed by atoms with van der Waals surface area (Å²) in [5.74, 6) is -0.539. The van der Waals surface area contributed by atoms with Gasteiger partial charge in [-0.3, -0.25) is 4.79 Å². The number of aromatic nitrogens is 4. The minimum absolute atomic E-state index is 0.0382. The highest BCUT2D eigenvalue weighted by atomic mass is 16.3. The lowest BCUT2D eigenvalue weighted by atomic mass is 10.0. The summed E-state index contributed by atoms with van der Waals surface area (Å²) in [5.41, 5.74) is 0.870. The molecule has 4 aromatic rings. The Morgan fingerprint density at radius 2 is 1.92 bits per heavy atom. The number of phenolic OH excluding ortho intramolecular Hbond substituents is 1. The maximum atomic E-state index is 13.3. The molecule has 2 N–H and O–H groups in total. The summed E-state index contributed by atoms with van der Waals surface area (Å²) in [4.78, 5) is 21.6. The summed E-state index contributed by atoms with van der Waals surface area (Å²) >= 11 is 0. The second kappa shape index (κ2) is 11.1. The van der Waals surface area contributed by atoms with Crippen molar-refractivity contribution >= 4 is 28.2 Å². The Bertz CT molecular complexity index is 1660. The summed E-state index contributed by atoms with van der Waals surface area (Å²) in [7, 11) is 0. The van der Waals surface area contributed by atoms with E-state index in [4.69, 9.17) is 0 Å². The number of phenols is 1. The van der Waals surface area contributed by atoms with Gasteiger partial charge in [0.25, 0.3) is 11.9 Å². The van der Waals surface area contributed by atoms with E-state index >= 15 is 0 Å². The van der Waals surface area contributed by atoms with E-state index in [-0.39, 0.29) is 34.3 Å². The van der Waals surface area contributed by atoms with Gasteiger partial charge in [0.1, 0.15) is 17.3 Å². The zero-order valence-corrected chi connectivity index (χ0v) is 20.2. The maximum absolute atomic E-state index is 13.3. The first-order valence-corrected chi connectivity index (χ1v) is 11.9. The van der Waals surface area contributed by atoms with Crippen molar-refractivity contribution < 1.29 is 9.90 Å². The first-order chi connectivity index (χ1) is 18.7. The van der Waals surface area contributed by atoms with Crippen molar-refractivity contribution in [1.29, 1.82) is 5.26 Å². The number of azo groups is 1. The average Bonchev–Trinajstić information content (AvgIpc) is 3.41. The number of amides is 1. The smallest absolute Gasteiger partial charge is 0.259 e. The van der Waals surface area contributed by atoms with Gasteiger partial charge < -0.3 is 10.4 Å². The number of hydrogen-bond acceptors (Lipinski definition) is 8. The fraction of sp³-hybridized carbons (Fsp3) is 0.107. The molecular formula is C28H22N8O2. The summed E-state index contributed by atoms with van der Waals surface area (Å²) in [6, 6.07) is 12.5. The van der Waals surface area contributed by atoms with Gasteiger partial charge in [-0.25, -0.2) is 9.97 Å². The molecule has 0 saturated heterocycles. The van der Waals surface area contributed by atoms with Crippen molar-refractivity contribution in [3.63, 3.8) is 0 Å². The number of nitrogens with one attached hydrogen (secondary N) is 1. The summed E-state index contributed by atoms with van der Waals surface area (Å²) < 4.78 is 1.28. The third kappa shape index (κ3) is 5.08. The van der Waals surface area contributed by atoms with Gasteiger partial charge in [-0.1, -0.05) is 42.5 Å². The molecule has 0 unspecified atom stereocenters. The van der Waals surface area contributed by atoms with E-state index in [2.05, 4.69) is 30.6 Å². The number of carbonyl (C=O) groups is 1. The van der Waals surface area contributed by atoms with Crippen LogP contribution in [-0.4, -0.2) is 30.8 Å². The van der Waals surface area contributed by atoms with Crippen LogP contribution in [-0.2, 0) is 0 Å². The topological polar surface area (TPSA) is 141 Å². The van der Waals surface area contributed by atoms with Gasteiger partial charge in [-0.2, -0.15) is 15.0 Å². The molecule has 2 aromatic carbocycles. The zero-order chi connectivity index (χ0) is 26.3.